The number of halogens is 3. The van der Waals surface area contributed by atoms with Crippen LogP contribution in [0.3, 0.4) is 0 Å². The first kappa shape index (κ1) is 27.5. The molecule has 0 aromatic rings. The number of Topliss-reactive ketones (excluding diaryl/α,β-unsaturated/α-hetero) is 3. The lowest BCUT2D eigenvalue weighted by Crippen LogP contribution is -2.21. The van der Waals surface area contributed by atoms with Gasteiger partial charge in [0.15, 0.2) is 0 Å². The molecule has 0 spiro atoms. The molecule has 0 unspecified atom stereocenters. The molecule has 1 N–H and O–H groups in total. The first-order valence-corrected chi connectivity index (χ1v) is 9.33. The summed E-state index contributed by atoms with van der Waals surface area (Å²) in [5.74, 6) is -2.13. The first-order chi connectivity index (χ1) is 12.5. The topological polar surface area (TPSA) is 88.5 Å². The predicted octanol–water partition coefficient (Wildman–Crippen LogP) is 5.05. The standard InChI is InChI=1S/C17H30O3.C2HF3O2/c1-3-4-5-8-11-16(19)13-14-17(20)12-9-6-7-10-15(2)18;3-2(4,5)1(6)7/h3-14H2,1-2H3;(H,6,7). The average molecular weight is 396 g/mol. The zero-order chi connectivity index (χ0) is 21.3. The van der Waals surface area contributed by atoms with Gasteiger partial charge in [-0.25, -0.2) is 4.79 Å². The molecule has 0 rings (SSSR count). The van der Waals surface area contributed by atoms with Crippen LogP contribution in [0.4, 0.5) is 13.2 Å². The second-order valence-corrected chi connectivity index (χ2v) is 6.45. The van der Waals surface area contributed by atoms with Crippen molar-refractivity contribution >= 4 is 23.3 Å². The molecular weight excluding hydrogens is 365 g/mol. The Morgan fingerprint density at radius 3 is 1.41 bits per heavy atom. The second-order valence-electron chi connectivity index (χ2n) is 6.45. The molecule has 0 atom stereocenters. The van der Waals surface area contributed by atoms with Crippen LogP contribution in [0.25, 0.3) is 0 Å². The number of carbonyl (C=O) groups is 4. The number of ketones is 3. The van der Waals surface area contributed by atoms with Crippen LogP contribution < -0.4 is 0 Å². The molecule has 0 bridgehead atoms. The Hall–Kier alpha value is -1.73. The van der Waals surface area contributed by atoms with Gasteiger partial charge in [-0.2, -0.15) is 13.2 Å². The monoisotopic (exact) mass is 396 g/mol. The van der Waals surface area contributed by atoms with Crippen LogP contribution >= 0.6 is 0 Å². The summed E-state index contributed by atoms with van der Waals surface area (Å²) in [6.45, 7) is 3.74. The number of carboxylic acid groups (broad SMARTS) is 1. The van der Waals surface area contributed by atoms with E-state index in [0.29, 0.717) is 32.1 Å². The molecule has 158 valence electrons. The fourth-order valence-corrected chi connectivity index (χ4v) is 2.15. The number of alkyl halides is 3. The van der Waals surface area contributed by atoms with Crippen molar-refractivity contribution in [2.75, 3.05) is 0 Å². The molecule has 0 amide bonds. The normalized spacial score (nSPS) is 10.7. The van der Waals surface area contributed by atoms with Gasteiger partial charge in [-0.05, 0) is 26.2 Å². The van der Waals surface area contributed by atoms with E-state index in [1.165, 1.54) is 12.8 Å². The lowest BCUT2D eigenvalue weighted by Gasteiger charge is -2.02. The van der Waals surface area contributed by atoms with Crippen LogP contribution in [0, 0.1) is 0 Å². The van der Waals surface area contributed by atoms with Crippen molar-refractivity contribution in [3.05, 3.63) is 0 Å². The maximum Gasteiger partial charge on any atom is 0.490 e. The van der Waals surface area contributed by atoms with Crippen LogP contribution in [-0.2, 0) is 19.2 Å². The van der Waals surface area contributed by atoms with Gasteiger partial charge in [-0.1, -0.05) is 32.6 Å². The van der Waals surface area contributed by atoms with Crippen molar-refractivity contribution in [2.45, 2.75) is 97.1 Å². The number of carboxylic acids is 1. The largest absolute Gasteiger partial charge is 0.490 e. The third kappa shape index (κ3) is 22.2. The van der Waals surface area contributed by atoms with Gasteiger partial charge in [-0.15, -0.1) is 0 Å². The number of aliphatic carboxylic acids is 1. The molecule has 0 aromatic heterocycles. The van der Waals surface area contributed by atoms with Crippen molar-refractivity contribution < 1.29 is 37.5 Å². The Labute approximate surface area is 158 Å². The van der Waals surface area contributed by atoms with E-state index in [4.69, 9.17) is 9.90 Å². The smallest absolute Gasteiger partial charge is 0.475 e. The molecule has 8 heteroatoms. The van der Waals surface area contributed by atoms with Gasteiger partial charge in [0, 0.05) is 32.1 Å². The molecule has 27 heavy (non-hydrogen) atoms. The number of hydrogen-bond donors (Lipinski definition) is 1. The van der Waals surface area contributed by atoms with E-state index in [9.17, 15) is 27.6 Å². The van der Waals surface area contributed by atoms with Gasteiger partial charge in [0.25, 0.3) is 0 Å². The highest BCUT2D eigenvalue weighted by Crippen LogP contribution is 2.13. The highest BCUT2D eigenvalue weighted by Gasteiger charge is 2.38. The summed E-state index contributed by atoms with van der Waals surface area (Å²) in [5, 5.41) is 7.12. The molecule has 0 saturated carbocycles. The van der Waals surface area contributed by atoms with E-state index in [2.05, 4.69) is 6.92 Å². The fraction of sp³-hybridized carbons (Fsp3) is 0.789. The van der Waals surface area contributed by atoms with Crippen LogP contribution in [0.5, 0.6) is 0 Å². The maximum atomic E-state index is 11.6. The van der Waals surface area contributed by atoms with Gasteiger partial charge in [0.1, 0.15) is 17.3 Å². The highest BCUT2D eigenvalue weighted by atomic mass is 19.4. The number of hydrogen-bond acceptors (Lipinski definition) is 4. The quantitative estimate of drug-likeness (QED) is 0.415. The van der Waals surface area contributed by atoms with Crippen LogP contribution in [-0.4, -0.2) is 34.6 Å². The first-order valence-electron chi connectivity index (χ1n) is 9.33. The summed E-state index contributed by atoms with van der Waals surface area (Å²) in [7, 11) is 0. The van der Waals surface area contributed by atoms with E-state index in [1.807, 2.05) is 0 Å². The summed E-state index contributed by atoms with van der Waals surface area (Å²) >= 11 is 0. The van der Waals surface area contributed by atoms with E-state index in [0.717, 1.165) is 32.1 Å². The Morgan fingerprint density at radius 1 is 0.704 bits per heavy atom. The minimum atomic E-state index is -5.08. The summed E-state index contributed by atoms with van der Waals surface area (Å²) in [6, 6.07) is 0. The van der Waals surface area contributed by atoms with Gasteiger partial charge < -0.3 is 9.90 Å². The van der Waals surface area contributed by atoms with E-state index < -0.39 is 12.1 Å². The fourth-order valence-electron chi connectivity index (χ4n) is 2.15. The van der Waals surface area contributed by atoms with Gasteiger partial charge in [0.05, 0.1) is 0 Å². The Morgan fingerprint density at radius 2 is 1.07 bits per heavy atom. The van der Waals surface area contributed by atoms with Crippen LogP contribution in [0.15, 0.2) is 0 Å². The highest BCUT2D eigenvalue weighted by molar-refractivity contribution is 5.85. The summed E-state index contributed by atoms with van der Waals surface area (Å²) in [6.07, 6.45) is 4.63. The maximum absolute atomic E-state index is 11.6. The zero-order valence-electron chi connectivity index (χ0n) is 16.2. The Kier molecular flexibility index (Phi) is 16.7. The second kappa shape index (κ2) is 16.4. The number of unbranched alkanes of at least 4 members (excludes halogenated alkanes) is 5. The molecule has 0 aliphatic rings. The third-order valence-corrected chi connectivity index (χ3v) is 3.72. The molecule has 0 aliphatic carbocycles. The Bertz CT molecular complexity index is 459. The van der Waals surface area contributed by atoms with Gasteiger partial charge in [-0.3, -0.25) is 9.59 Å². The molecule has 0 heterocycles. The van der Waals surface area contributed by atoms with E-state index in [1.54, 1.807) is 6.92 Å². The molecule has 0 saturated heterocycles. The lowest BCUT2D eigenvalue weighted by atomic mass is 10.0. The van der Waals surface area contributed by atoms with Gasteiger partial charge >= 0.3 is 12.1 Å². The SMILES string of the molecule is CCCCCCC(=O)CCC(=O)CCCCCC(C)=O.O=C(O)C(F)(F)F. The van der Waals surface area contributed by atoms with E-state index in [-0.39, 0.29) is 17.3 Å². The summed E-state index contributed by atoms with van der Waals surface area (Å²) in [4.78, 5) is 42.8. The minimum Gasteiger partial charge on any atom is -0.475 e. The molecule has 0 aromatic carbocycles. The minimum absolute atomic E-state index is 0.190. The predicted molar refractivity (Wildman–Crippen MR) is 95.5 cm³/mol. The molecule has 0 aliphatic heterocycles. The third-order valence-electron chi connectivity index (χ3n) is 3.72. The van der Waals surface area contributed by atoms with Crippen LogP contribution in [0.2, 0.25) is 0 Å². The summed E-state index contributed by atoms with van der Waals surface area (Å²) < 4.78 is 31.7. The zero-order valence-corrected chi connectivity index (χ0v) is 16.2. The molecular formula is C19H31F3O5. The van der Waals surface area contributed by atoms with E-state index >= 15 is 0 Å². The van der Waals surface area contributed by atoms with Crippen molar-refractivity contribution in [1.82, 2.24) is 0 Å². The van der Waals surface area contributed by atoms with Crippen molar-refractivity contribution in [2.24, 2.45) is 0 Å². The molecule has 5 nitrogen and oxygen atoms in total. The van der Waals surface area contributed by atoms with Gasteiger partial charge in [0.2, 0.25) is 0 Å². The Balaban J connectivity index is 0. The lowest BCUT2D eigenvalue weighted by molar-refractivity contribution is -0.192. The van der Waals surface area contributed by atoms with Crippen molar-refractivity contribution in [3.8, 4) is 0 Å². The molecule has 0 fully saturated rings. The van der Waals surface area contributed by atoms with Crippen molar-refractivity contribution in [1.29, 1.82) is 0 Å². The number of rotatable bonds is 14. The summed E-state index contributed by atoms with van der Waals surface area (Å²) in [5.41, 5.74) is 0. The van der Waals surface area contributed by atoms with Crippen molar-refractivity contribution in [3.63, 3.8) is 0 Å². The molecule has 0 radical (unpaired) electrons. The van der Waals surface area contributed by atoms with Crippen LogP contribution in [0.1, 0.15) is 90.9 Å². The number of carbonyl (C=O) groups excluding carboxylic acids is 3. The average Bonchev–Trinajstić information content (AvgIpc) is 2.56.